The highest BCUT2D eigenvalue weighted by atomic mass is 16.5. The predicted molar refractivity (Wildman–Crippen MR) is 79.8 cm³/mol. The summed E-state index contributed by atoms with van der Waals surface area (Å²) in [5, 5.41) is 2.81. The molecule has 21 heavy (non-hydrogen) atoms. The fourth-order valence-corrected chi connectivity index (χ4v) is 2.36. The summed E-state index contributed by atoms with van der Waals surface area (Å²) in [6, 6.07) is 3.32. The fraction of sp³-hybridized carbons (Fsp3) is 0.500. The Hall–Kier alpha value is -2.04. The molecule has 0 aliphatic heterocycles. The van der Waals surface area contributed by atoms with E-state index in [2.05, 4.69) is 16.4 Å². The van der Waals surface area contributed by atoms with Crippen molar-refractivity contribution in [2.45, 2.75) is 45.1 Å². The highest BCUT2D eigenvalue weighted by Gasteiger charge is 2.19. The van der Waals surface area contributed by atoms with E-state index in [0.29, 0.717) is 12.2 Å². The van der Waals surface area contributed by atoms with Gasteiger partial charge in [0.05, 0.1) is 0 Å². The van der Waals surface area contributed by atoms with Gasteiger partial charge < -0.3 is 15.0 Å². The molecule has 0 fully saturated rings. The summed E-state index contributed by atoms with van der Waals surface area (Å²) in [5.74, 6) is -0.774. The van der Waals surface area contributed by atoms with Crippen molar-refractivity contribution in [3.63, 3.8) is 0 Å². The molecule has 0 unspecified atom stereocenters. The molecule has 114 valence electrons. The van der Waals surface area contributed by atoms with Crippen molar-refractivity contribution in [2.75, 3.05) is 6.54 Å². The van der Waals surface area contributed by atoms with E-state index in [1.807, 2.05) is 0 Å². The first-order chi connectivity index (χ1) is 10.2. The summed E-state index contributed by atoms with van der Waals surface area (Å²) in [7, 11) is 0. The third-order valence-electron chi connectivity index (χ3n) is 3.60. The Balaban J connectivity index is 1.70. The normalized spacial score (nSPS) is 16.0. The number of aromatic nitrogens is 1. The SMILES string of the molecule is C[C@H](OC(=O)c1ccc[nH]1)C(=O)NCCC1=CCCCC1. The molecule has 0 saturated carbocycles. The van der Waals surface area contributed by atoms with Gasteiger partial charge in [-0.1, -0.05) is 11.6 Å². The Morgan fingerprint density at radius 3 is 2.95 bits per heavy atom. The molecule has 2 N–H and O–H groups in total. The number of rotatable bonds is 6. The van der Waals surface area contributed by atoms with E-state index in [1.165, 1.54) is 18.4 Å². The molecule has 0 bridgehead atoms. The van der Waals surface area contributed by atoms with Crippen molar-refractivity contribution in [2.24, 2.45) is 0 Å². The maximum Gasteiger partial charge on any atom is 0.355 e. The summed E-state index contributed by atoms with van der Waals surface area (Å²) >= 11 is 0. The average molecular weight is 290 g/mol. The molecule has 0 spiro atoms. The Morgan fingerprint density at radius 1 is 1.43 bits per heavy atom. The number of carbonyl (C=O) groups is 2. The average Bonchev–Trinajstić information content (AvgIpc) is 3.02. The van der Waals surface area contributed by atoms with Crippen LogP contribution in [-0.2, 0) is 9.53 Å². The number of ether oxygens (including phenoxy) is 1. The van der Waals surface area contributed by atoms with Crippen molar-refractivity contribution in [1.29, 1.82) is 0 Å². The van der Waals surface area contributed by atoms with Crippen LogP contribution in [0.2, 0.25) is 0 Å². The summed E-state index contributed by atoms with van der Waals surface area (Å²) in [6.45, 7) is 2.17. The van der Waals surface area contributed by atoms with E-state index in [1.54, 1.807) is 25.3 Å². The molecular formula is C16H22N2O3. The molecule has 1 aromatic rings. The van der Waals surface area contributed by atoms with Crippen molar-refractivity contribution in [1.82, 2.24) is 10.3 Å². The van der Waals surface area contributed by atoms with Crippen LogP contribution in [0.3, 0.4) is 0 Å². The van der Waals surface area contributed by atoms with E-state index in [9.17, 15) is 9.59 Å². The molecule has 0 radical (unpaired) electrons. The van der Waals surface area contributed by atoms with Crippen LogP contribution in [0.1, 0.15) is 49.5 Å². The maximum absolute atomic E-state index is 11.9. The van der Waals surface area contributed by atoms with Crippen LogP contribution >= 0.6 is 0 Å². The standard InChI is InChI=1S/C16H22N2O3/c1-12(21-16(20)14-8-5-10-17-14)15(19)18-11-9-13-6-3-2-4-7-13/h5-6,8,10,12,17H,2-4,7,9,11H2,1H3,(H,18,19)/t12-/m0/s1. The summed E-state index contributed by atoms with van der Waals surface area (Å²) < 4.78 is 5.10. The number of hydrogen-bond donors (Lipinski definition) is 2. The molecule has 0 aromatic carbocycles. The maximum atomic E-state index is 11.9. The lowest BCUT2D eigenvalue weighted by molar-refractivity contribution is -0.129. The second-order valence-electron chi connectivity index (χ2n) is 5.28. The van der Waals surface area contributed by atoms with Crippen LogP contribution in [0.15, 0.2) is 30.0 Å². The number of H-pyrrole nitrogens is 1. The number of esters is 1. The molecule has 1 heterocycles. The smallest absolute Gasteiger partial charge is 0.355 e. The van der Waals surface area contributed by atoms with Crippen LogP contribution in [0.25, 0.3) is 0 Å². The van der Waals surface area contributed by atoms with Gasteiger partial charge in [-0.3, -0.25) is 4.79 Å². The molecule has 1 amide bonds. The summed E-state index contributed by atoms with van der Waals surface area (Å²) in [5.41, 5.74) is 1.76. The molecular weight excluding hydrogens is 268 g/mol. The van der Waals surface area contributed by atoms with Crippen molar-refractivity contribution in [3.05, 3.63) is 35.7 Å². The van der Waals surface area contributed by atoms with Gasteiger partial charge in [0.1, 0.15) is 5.69 Å². The van der Waals surface area contributed by atoms with Crippen molar-refractivity contribution < 1.29 is 14.3 Å². The third kappa shape index (κ3) is 4.77. The number of aromatic amines is 1. The largest absolute Gasteiger partial charge is 0.448 e. The quantitative estimate of drug-likeness (QED) is 0.625. The molecule has 1 aliphatic carbocycles. The minimum Gasteiger partial charge on any atom is -0.448 e. The zero-order chi connectivity index (χ0) is 15.1. The van der Waals surface area contributed by atoms with Crippen molar-refractivity contribution in [3.8, 4) is 0 Å². The molecule has 0 saturated heterocycles. The van der Waals surface area contributed by atoms with Gasteiger partial charge in [-0.15, -0.1) is 0 Å². The number of amides is 1. The lowest BCUT2D eigenvalue weighted by Crippen LogP contribution is -2.36. The summed E-state index contributed by atoms with van der Waals surface area (Å²) in [6.07, 6.45) is 8.78. The van der Waals surface area contributed by atoms with Gasteiger partial charge in [0.25, 0.3) is 5.91 Å². The van der Waals surface area contributed by atoms with Crippen LogP contribution in [0.5, 0.6) is 0 Å². The number of carbonyl (C=O) groups excluding carboxylic acids is 2. The first-order valence-corrected chi connectivity index (χ1v) is 7.47. The van der Waals surface area contributed by atoms with Gasteiger partial charge in [0.15, 0.2) is 6.10 Å². The Morgan fingerprint density at radius 2 is 2.29 bits per heavy atom. The topological polar surface area (TPSA) is 71.2 Å². The van der Waals surface area contributed by atoms with E-state index in [-0.39, 0.29) is 5.91 Å². The molecule has 1 atom stereocenters. The zero-order valence-electron chi connectivity index (χ0n) is 12.4. The zero-order valence-corrected chi connectivity index (χ0v) is 12.4. The Labute approximate surface area is 124 Å². The van der Waals surface area contributed by atoms with Gasteiger partial charge >= 0.3 is 5.97 Å². The van der Waals surface area contributed by atoms with E-state index in [4.69, 9.17) is 4.74 Å². The van der Waals surface area contributed by atoms with Gasteiger partial charge in [0, 0.05) is 12.7 Å². The second-order valence-corrected chi connectivity index (χ2v) is 5.28. The molecule has 5 heteroatoms. The first-order valence-electron chi connectivity index (χ1n) is 7.47. The van der Waals surface area contributed by atoms with Crippen LogP contribution in [0.4, 0.5) is 0 Å². The number of nitrogens with one attached hydrogen (secondary N) is 2. The Bertz CT molecular complexity index is 506. The van der Waals surface area contributed by atoms with Crippen LogP contribution < -0.4 is 5.32 Å². The van der Waals surface area contributed by atoms with Gasteiger partial charge in [-0.2, -0.15) is 0 Å². The van der Waals surface area contributed by atoms with Crippen LogP contribution in [0, 0.1) is 0 Å². The molecule has 1 aliphatic rings. The lowest BCUT2D eigenvalue weighted by atomic mass is 9.97. The van der Waals surface area contributed by atoms with Gasteiger partial charge in [0.2, 0.25) is 0 Å². The predicted octanol–water partition coefficient (Wildman–Crippen LogP) is 2.57. The lowest BCUT2D eigenvalue weighted by Gasteiger charge is -2.15. The summed E-state index contributed by atoms with van der Waals surface area (Å²) in [4.78, 5) is 26.3. The third-order valence-corrected chi connectivity index (χ3v) is 3.60. The monoisotopic (exact) mass is 290 g/mol. The van der Waals surface area contributed by atoms with E-state index < -0.39 is 12.1 Å². The van der Waals surface area contributed by atoms with E-state index in [0.717, 1.165) is 19.3 Å². The van der Waals surface area contributed by atoms with Crippen molar-refractivity contribution >= 4 is 11.9 Å². The highest BCUT2D eigenvalue weighted by molar-refractivity contribution is 5.90. The van der Waals surface area contributed by atoms with Crippen LogP contribution in [-0.4, -0.2) is 29.5 Å². The minimum atomic E-state index is -0.791. The number of allylic oxidation sites excluding steroid dienone is 1. The second kappa shape index (κ2) is 7.67. The molecule has 1 aromatic heterocycles. The first kappa shape index (κ1) is 15.4. The Kier molecular flexibility index (Phi) is 5.60. The van der Waals surface area contributed by atoms with Gasteiger partial charge in [-0.05, 0) is 51.2 Å². The highest BCUT2D eigenvalue weighted by Crippen LogP contribution is 2.19. The molecule has 5 nitrogen and oxygen atoms in total. The van der Waals surface area contributed by atoms with E-state index >= 15 is 0 Å². The minimum absolute atomic E-state index is 0.258. The fourth-order valence-electron chi connectivity index (χ4n) is 2.36. The number of hydrogen-bond acceptors (Lipinski definition) is 3. The van der Waals surface area contributed by atoms with Gasteiger partial charge in [-0.25, -0.2) is 4.79 Å². The molecule has 2 rings (SSSR count).